The molecule has 0 unspecified atom stereocenters. The second-order valence-corrected chi connectivity index (χ2v) is 37.8. The molecule has 0 saturated carbocycles. The number of hydrogen-bond acceptors (Lipinski definition) is 16. The number of ether oxygens (including phenoxy) is 3. The fourth-order valence-corrected chi connectivity index (χ4v) is 19.7. The van der Waals surface area contributed by atoms with Crippen LogP contribution in [0.3, 0.4) is 0 Å². The van der Waals surface area contributed by atoms with E-state index in [-0.39, 0.29) is 102 Å². The van der Waals surface area contributed by atoms with E-state index in [0.29, 0.717) is 85.8 Å². The van der Waals surface area contributed by atoms with Crippen molar-refractivity contribution in [2.24, 2.45) is 11.8 Å². The van der Waals surface area contributed by atoms with Crippen molar-refractivity contribution in [3.63, 3.8) is 0 Å². The molecule has 0 spiro atoms. The van der Waals surface area contributed by atoms with Gasteiger partial charge in [0.1, 0.15) is 53.5 Å². The molecule has 4 aliphatic heterocycles. The fourth-order valence-electron chi connectivity index (χ4n) is 16.7. The molecule has 0 radical (unpaired) electrons. The first-order chi connectivity index (χ1) is 58.4. The van der Waals surface area contributed by atoms with Crippen LogP contribution in [0.1, 0.15) is 184 Å². The molecule has 0 saturated heterocycles. The molecule has 2 aromatic heterocycles. The predicted molar refractivity (Wildman–Crippen MR) is 493 cm³/mol. The largest absolute Gasteiger partial charge is 0.506 e. The lowest BCUT2D eigenvalue weighted by atomic mass is 9.95. The zero-order valence-corrected chi connectivity index (χ0v) is 76.4. The number of fused-ring (bicyclic) bond motifs is 12. The van der Waals surface area contributed by atoms with Crippen molar-refractivity contribution in [1.29, 1.82) is 0 Å². The number of carbonyl (C=O) groups excluding carboxylic acids is 10. The monoisotopic (exact) mass is 1790 g/mol. The summed E-state index contributed by atoms with van der Waals surface area (Å²) < 4.78 is 18.9. The molecule has 10 amide bonds. The Balaban J connectivity index is 0.000000226. The number of alkyl halides is 4. The number of benzene rings is 7. The van der Waals surface area contributed by atoms with Crippen LogP contribution in [0.2, 0.25) is 0 Å². The van der Waals surface area contributed by atoms with Crippen molar-refractivity contribution in [2.75, 3.05) is 79.9 Å². The molecular weight excluding hydrogens is 1690 g/mol. The van der Waals surface area contributed by atoms with Gasteiger partial charge in [-0.05, 0) is 167 Å². The highest BCUT2D eigenvalue weighted by molar-refractivity contribution is 7.18. The van der Waals surface area contributed by atoms with Crippen molar-refractivity contribution in [1.82, 2.24) is 21.3 Å². The zero-order valence-electron chi connectivity index (χ0n) is 71.7. The van der Waals surface area contributed by atoms with Crippen LogP contribution in [0.4, 0.5) is 43.7 Å². The molecule has 0 aliphatic carbocycles. The second-order valence-electron chi connectivity index (χ2n) is 34.8. The summed E-state index contributed by atoms with van der Waals surface area (Å²) >= 11 is 29.1. The van der Waals surface area contributed by atoms with Gasteiger partial charge in [0.15, 0.2) is 0 Å². The lowest BCUT2D eigenvalue weighted by Gasteiger charge is -2.26. The maximum atomic E-state index is 14.2. The summed E-state index contributed by atoms with van der Waals surface area (Å²) in [6, 6.07) is 28.4. The van der Waals surface area contributed by atoms with Crippen LogP contribution in [0.15, 0.2) is 114 Å². The molecule has 8 atom stereocenters. The van der Waals surface area contributed by atoms with Gasteiger partial charge in [-0.2, -0.15) is 0 Å². The molecule has 0 bridgehead atoms. The third-order valence-corrected chi connectivity index (χ3v) is 26.3. The van der Waals surface area contributed by atoms with Gasteiger partial charge in [0.2, 0.25) is 47.3 Å². The molecular formula is C93H108Cl4N10O14S2. The van der Waals surface area contributed by atoms with E-state index in [1.807, 2.05) is 97.2 Å². The molecule has 4 aliphatic rings. The van der Waals surface area contributed by atoms with Crippen LogP contribution in [-0.4, -0.2) is 150 Å². The average molecular weight is 1800 g/mol. The summed E-state index contributed by atoms with van der Waals surface area (Å²) in [5, 5.41) is 36.8. The normalized spacial score (nSPS) is 16.9. The molecule has 13 rings (SSSR count). The number of phenols is 1. The standard InChI is InChI=1S/C50H57Cl2N5O7S.C43H51Cl2N5O7S/c1-28(2)45(55-49(62)64-50(5,6)7)48(61)53-30(4)47(60)54-36-20-37-43(35-17-12-11-16-34(35)36)32(22-51)24-56(37)40(58)18-13-19-41(59)57-25-33(23-52)44-38(57)21-39(46-42(44)29(3)27-65-46)63-26-31-14-9-8-10-15-31;1-22(2)38(48-42(56)57-43(5,6)7)41(55)46-24(4)40(54)47-29-15-30-36(28-12-9-8-11-27(28)29)25(17-44)19-49(30)33(52)13-10-14-34(53)50-20-26(18-45)37-31(50)16-32(51)39-35(37)23(3)21-58-39/h8-12,14-17,20-21,27-28,30,32-33,45H,13,18-19,22-26H2,1-7H3,(H,53,61)(H,54,60)(H,55,62);8-9,11-12,15-16,21-22,24-26,38,51H,10,13-14,17-20H2,1-7H3,(H,46,55)(H,47,54)(H,48,56)/t30-,32+,33+,45-;24-,25+,26+,38-/m00/s1. The Morgan fingerprint density at radius 2 is 0.789 bits per heavy atom. The number of phenolic OH excluding ortho intramolecular Hbond substituents is 1. The average Bonchev–Trinajstić information content (AvgIpc) is 1.60. The summed E-state index contributed by atoms with van der Waals surface area (Å²) in [5.41, 5.74) is 9.18. The van der Waals surface area contributed by atoms with Crippen LogP contribution in [0, 0.1) is 25.7 Å². The number of anilines is 6. The molecule has 24 nitrogen and oxygen atoms in total. The van der Waals surface area contributed by atoms with Gasteiger partial charge >= 0.3 is 12.2 Å². The van der Waals surface area contributed by atoms with E-state index >= 15 is 0 Å². The van der Waals surface area contributed by atoms with Crippen LogP contribution in [-0.2, 0) is 54.4 Å². The van der Waals surface area contributed by atoms with Gasteiger partial charge in [-0.15, -0.1) is 69.1 Å². The highest BCUT2D eigenvalue weighted by atomic mass is 35.5. The topological polar surface area (TPSA) is 304 Å². The third kappa shape index (κ3) is 20.5. The summed E-state index contributed by atoms with van der Waals surface area (Å²) in [4.78, 5) is 142. The number of amides is 10. The number of nitrogens with one attached hydrogen (secondary N) is 6. The first-order valence-corrected chi connectivity index (χ1v) is 45.6. The number of aromatic hydroxyl groups is 1. The van der Waals surface area contributed by atoms with Crippen LogP contribution in [0.5, 0.6) is 11.5 Å². The number of hydrogen-bond donors (Lipinski definition) is 7. The summed E-state index contributed by atoms with van der Waals surface area (Å²) in [6.45, 7) is 26.6. The van der Waals surface area contributed by atoms with Crippen LogP contribution in [0.25, 0.3) is 41.7 Å². The van der Waals surface area contributed by atoms with Crippen molar-refractivity contribution in [3.8, 4) is 11.5 Å². The van der Waals surface area contributed by atoms with Crippen molar-refractivity contribution < 1.29 is 67.3 Å². The van der Waals surface area contributed by atoms with Crippen molar-refractivity contribution in [2.45, 2.75) is 201 Å². The summed E-state index contributed by atoms with van der Waals surface area (Å²) in [6.07, 6.45) is -0.383. The molecule has 0 fully saturated rings. The molecule has 654 valence electrons. The number of thiophene rings is 2. The van der Waals surface area contributed by atoms with Gasteiger partial charge < -0.3 is 70.8 Å². The Bertz CT molecular complexity index is 5550. The summed E-state index contributed by atoms with van der Waals surface area (Å²) in [5.74, 6) is -1.61. The van der Waals surface area contributed by atoms with E-state index in [1.54, 1.807) is 132 Å². The van der Waals surface area contributed by atoms with Crippen molar-refractivity contribution >= 4 is 204 Å². The van der Waals surface area contributed by atoms with E-state index in [1.165, 1.54) is 11.3 Å². The Hall–Kier alpha value is -9.96. The number of nitrogens with zero attached hydrogens (tertiary/aromatic N) is 4. The Labute approximate surface area is 745 Å². The van der Waals surface area contributed by atoms with Gasteiger partial charge in [-0.25, -0.2) is 9.59 Å². The minimum Gasteiger partial charge on any atom is -0.506 e. The van der Waals surface area contributed by atoms with Gasteiger partial charge in [0, 0.05) is 144 Å². The second kappa shape index (κ2) is 39.1. The van der Waals surface area contributed by atoms with E-state index in [0.717, 1.165) is 92.1 Å². The lowest BCUT2D eigenvalue weighted by Crippen LogP contribution is -2.54. The highest BCUT2D eigenvalue weighted by Gasteiger charge is 2.42. The van der Waals surface area contributed by atoms with E-state index in [2.05, 4.69) is 44.2 Å². The summed E-state index contributed by atoms with van der Waals surface area (Å²) in [7, 11) is 0. The zero-order chi connectivity index (χ0) is 89.0. The Kier molecular flexibility index (Phi) is 29.3. The third-order valence-electron chi connectivity index (χ3n) is 22.6. The number of alkyl carbamates (subject to hydrolysis) is 2. The van der Waals surface area contributed by atoms with Crippen molar-refractivity contribution in [3.05, 3.63) is 153 Å². The van der Waals surface area contributed by atoms with Crippen LogP contribution >= 0.6 is 69.1 Å². The van der Waals surface area contributed by atoms with Gasteiger partial charge in [-0.3, -0.25) is 38.4 Å². The molecule has 6 heterocycles. The maximum Gasteiger partial charge on any atom is 0.408 e. The SMILES string of the molecule is Cc1csc2c(O)cc3c(c12)[C@H](CCl)CN3C(=O)CCCC(=O)N1C[C@@H](CCl)c2c1cc(NC(=O)[C@H](C)NC(=O)[C@@H](NC(=O)OC(C)(C)C)C(C)C)c1ccccc21.Cc1csc2c(OCc3ccccc3)cc3c(c12)[C@H](CCl)CN3C(=O)CCCC(=O)N1C[C@@H](CCl)c2c1cc(NC(=O)[C@H](C)NC(=O)[C@@H](NC(=O)OC(C)(C)C)C(C)C)c1ccccc21. The Morgan fingerprint density at radius 3 is 1.16 bits per heavy atom. The van der Waals surface area contributed by atoms with Gasteiger partial charge in [-0.1, -0.05) is 107 Å². The number of halogens is 4. The molecule has 30 heteroatoms. The molecule has 7 N–H and O–H groups in total. The smallest absolute Gasteiger partial charge is 0.408 e. The van der Waals surface area contributed by atoms with E-state index in [9.17, 15) is 53.1 Å². The lowest BCUT2D eigenvalue weighted by molar-refractivity contribution is -0.128. The molecule has 9 aromatic rings. The molecule has 7 aromatic carbocycles. The van der Waals surface area contributed by atoms with Crippen LogP contribution < -0.4 is 56.2 Å². The minimum absolute atomic E-state index is 0.0494. The fraction of sp³-hybridized carbons (Fsp3) is 0.441. The Morgan fingerprint density at radius 1 is 0.447 bits per heavy atom. The maximum absolute atomic E-state index is 14.2. The first-order valence-electron chi connectivity index (χ1n) is 41.7. The quantitative estimate of drug-likeness (QED) is 0.0236. The number of rotatable bonds is 27. The van der Waals surface area contributed by atoms with Gasteiger partial charge in [0.05, 0.1) is 32.1 Å². The van der Waals surface area contributed by atoms with E-state index in [4.69, 9.17) is 60.6 Å². The number of aryl methyl sites for hydroxylation is 2. The number of carbonyl (C=O) groups is 10. The highest BCUT2D eigenvalue weighted by Crippen LogP contribution is 2.52. The van der Waals surface area contributed by atoms with E-state index < -0.39 is 71.2 Å². The molecule has 123 heavy (non-hydrogen) atoms. The van der Waals surface area contributed by atoms with Gasteiger partial charge in [0.25, 0.3) is 0 Å². The predicted octanol–water partition coefficient (Wildman–Crippen LogP) is 18.4. The minimum atomic E-state index is -0.988. The first kappa shape index (κ1) is 92.2.